The number of aryl methyl sites for hydroxylation is 1. The number of allylic oxidation sites excluding steroid dienone is 7. The van der Waals surface area contributed by atoms with Crippen molar-refractivity contribution in [2.45, 2.75) is 19.3 Å². The zero-order valence-electron chi connectivity index (χ0n) is 22.7. The van der Waals surface area contributed by atoms with E-state index in [1.807, 2.05) is 18.2 Å². The van der Waals surface area contributed by atoms with Gasteiger partial charge in [-0.05, 0) is 82.6 Å². The molecule has 2 aliphatic carbocycles. The topological polar surface area (TPSA) is 3.24 Å². The molecule has 1 spiro atoms. The fourth-order valence-corrected chi connectivity index (χ4v) is 6.56. The Labute approximate surface area is 232 Å². The van der Waals surface area contributed by atoms with Crippen LogP contribution in [0.3, 0.4) is 0 Å². The highest BCUT2D eigenvalue weighted by Crippen LogP contribution is 2.62. The van der Waals surface area contributed by atoms with E-state index in [1.165, 1.54) is 61.5 Å². The van der Waals surface area contributed by atoms with E-state index < -0.39 is 0 Å². The number of benzene rings is 4. The molecular formula is C38H33N. The molecule has 0 saturated carbocycles. The molecule has 0 bridgehead atoms. The minimum atomic E-state index is -0.334. The zero-order chi connectivity index (χ0) is 27.0. The van der Waals surface area contributed by atoms with Gasteiger partial charge in [0.25, 0.3) is 0 Å². The van der Waals surface area contributed by atoms with Crippen molar-refractivity contribution in [3.63, 3.8) is 0 Å². The van der Waals surface area contributed by atoms with Gasteiger partial charge in [-0.1, -0.05) is 122 Å². The highest BCUT2D eigenvalue weighted by molar-refractivity contribution is 5.97. The molecule has 0 aromatic heterocycles. The van der Waals surface area contributed by atoms with E-state index >= 15 is 0 Å². The lowest BCUT2D eigenvalue weighted by molar-refractivity contribution is 0.766. The summed E-state index contributed by atoms with van der Waals surface area (Å²) in [6, 6.07) is 33.5. The van der Waals surface area contributed by atoms with Gasteiger partial charge in [0.1, 0.15) is 0 Å². The molecule has 0 saturated heterocycles. The SMILES string of the molecule is C=CC=CC=CCN(c1ccccc1)c1ccc2c(c1)C1(C(C)=C2C=C)c2ccccc2-c2cc(C)ccc21. The van der Waals surface area contributed by atoms with Crippen LogP contribution in [0.15, 0.2) is 146 Å². The number of nitrogens with zero attached hydrogens (tertiary/aromatic N) is 1. The second kappa shape index (κ2) is 9.93. The van der Waals surface area contributed by atoms with Crippen LogP contribution >= 0.6 is 0 Å². The molecule has 0 aliphatic heterocycles. The van der Waals surface area contributed by atoms with Crippen LogP contribution in [0.5, 0.6) is 0 Å². The molecule has 2 aliphatic rings. The third kappa shape index (κ3) is 3.77. The molecule has 4 aromatic rings. The number of hydrogen-bond acceptors (Lipinski definition) is 1. The lowest BCUT2D eigenvalue weighted by Gasteiger charge is -2.32. The third-order valence-electron chi connectivity index (χ3n) is 8.23. The Balaban J connectivity index is 1.59. The Morgan fingerprint density at radius 3 is 2.23 bits per heavy atom. The summed E-state index contributed by atoms with van der Waals surface area (Å²) in [7, 11) is 0. The largest absolute Gasteiger partial charge is 0.338 e. The van der Waals surface area contributed by atoms with Crippen molar-refractivity contribution in [2.75, 3.05) is 11.4 Å². The molecular weight excluding hydrogens is 470 g/mol. The molecule has 0 heterocycles. The van der Waals surface area contributed by atoms with Crippen LogP contribution in [0, 0.1) is 6.92 Å². The lowest BCUT2D eigenvalue weighted by Crippen LogP contribution is -2.27. The zero-order valence-corrected chi connectivity index (χ0v) is 22.7. The minimum absolute atomic E-state index is 0.334. The van der Waals surface area contributed by atoms with E-state index in [0.29, 0.717) is 0 Å². The van der Waals surface area contributed by atoms with Crippen LogP contribution < -0.4 is 4.90 Å². The Morgan fingerprint density at radius 1 is 0.667 bits per heavy atom. The standard InChI is InChI=1S/C38H33N/c1-5-7-8-9-15-24-39(29-16-11-10-12-17-29)30-21-22-33-31(6-2)28(4)38(37(33)26-30)35-19-14-13-18-32(35)34-25-27(3)20-23-36(34)38/h5-23,25-26H,1-2,24H2,3-4H3. The van der Waals surface area contributed by atoms with Gasteiger partial charge in [0.2, 0.25) is 0 Å². The van der Waals surface area contributed by atoms with Crippen LogP contribution in [0.4, 0.5) is 11.4 Å². The average Bonchev–Trinajstić information content (AvgIpc) is 3.40. The van der Waals surface area contributed by atoms with Gasteiger partial charge in [0, 0.05) is 17.9 Å². The van der Waals surface area contributed by atoms with Crippen molar-refractivity contribution in [1.82, 2.24) is 0 Å². The summed E-state index contributed by atoms with van der Waals surface area (Å²) in [4.78, 5) is 2.38. The van der Waals surface area contributed by atoms with Crippen molar-refractivity contribution in [3.05, 3.63) is 174 Å². The number of fused-ring (bicyclic) bond motifs is 7. The highest BCUT2D eigenvalue weighted by Gasteiger charge is 2.51. The maximum Gasteiger partial charge on any atom is 0.0686 e. The van der Waals surface area contributed by atoms with E-state index in [1.54, 1.807) is 6.08 Å². The second-order valence-corrected chi connectivity index (χ2v) is 10.3. The smallest absolute Gasteiger partial charge is 0.0686 e. The maximum atomic E-state index is 4.25. The van der Waals surface area contributed by atoms with Gasteiger partial charge in [-0.15, -0.1) is 0 Å². The van der Waals surface area contributed by atoms with Crippen molar-refractivity contribution in [3.8, 4) is 11.1 Å². The Morgan fingerprint density at radius 2 is 1.44 bits per heavy atom. The molecule has 0 amide bonds. The maximum absolute atomic E-state index is 4.25. The normalized spacial score (nSPS) is 17.1. The molecule has 0 fully saturated rings. The predicted octanol–water partition coefficient (Wildman–Crippen LogP) is 9.72. The van der Waals surface area contributed by atoms with Crippen molar-refractivity contribution >= 4 is 16.9 Å². The van der Waals surface area contributed by atoms with Crippen molar-refractivity contribution in [1.29, 1.82) is 0 Å². The summed E-state index contributed by atoms with van der Waals surface area (Å²) in [6.45, 7) is 13.3. The number of rotatable bonds is 7. The summed E-state index contributed by atoms with van der Waals surface area (Å²) in [6.07, 6.45) is 12.1. The van der Waals surface area contributed by atoms with Crippen molar-refractivity contribution in [2.24, 2.45) is 0 Å². The fraction of sp³-hybridized carbons (Fsp3) is 0.105. The van der Waals surface area contributed by atoms with Gasteiger partial charge in [-0.25, -0.2) is 0 Å². The van der Waals surface area contributed by atoms with E-state index in [4.69, 9.17) is 0 Å². The minimum Gasteiger partial charge on any atom is -0.338 e. The summed E-state index contributed by atoms with van der Waals surface area (Å²) in [5.41, 5.74) is 13.9. The van der Waals surface area contributed by atoms with E-state index in [2.05, 4.69) is 135 Å². The number of anilines is 2. The Hall–Kier alpha value is -4.62. The molecule has 6 rings (SSSR count). The number of hydrogen-bond donors (Lipinski definition) is 0. The highest BCUT2D eigenvalue weighted by atomic mass is 15.1. The summed E-state index contributed by atoms with van der Waals surface area (Å²) in [5.74, 6) is 0. The quantitative estimate of drug-likeness (QED) is 0.227. The predicted molar refractivity (Wildman–Crippen MR) is 168 cm³/mol. The molecule has 0 N–H and O–H groups in total. The molecule has 1 nitrogen and oxygen atoms in total. The Bertz CT molecular complexity index is 1680. The van der Waals surface area contributed by atoms with Crippen LogP contribution in [0.25, 0.3) is 16.7 Å². The lowest BCUT2D eigenvalue weighted by atomic mass is 9.70. The van der Waals surface area contributed by atoms with Gasteiger partial charge < -0.3 is 4.90 Å². The van der Waals surface area contributed by atoms with Gasteiger partial charge in [0.05, 0.1) is 5.41 Å². The van der Waals surface area contributed by atoms with Crippen LogP contribution in [-0.4, -0.2) is 6.54 Å². The van der Waals surface area contributed by atoms with Crippen LogP contribution in [-0.2, 0) is 5.41 Å². The molecule has 1 atom stereocenters. The average molecular weight is 504 g/mol. The Kier molecular flexibility index (Phi) is 6.29. The fourth-order valence-electron chi connectivity index (χ4n) is 6.56. The van der Waals surface area contributed by atoms with Gasteiger partial charge in [-0.3, -0.25) is 0 Å². The summed E-state index contributed by atoms with van der Waals surface area (Å²) >= 11 is 0. The van der Waals surface area contributed by atoms with E-state index in [9.17, 15) is 0 Å². The molecule has 1 heteroatoms. The molecule has 1 unspecified atom stereocenters. The first-order valence-electron chi connectivity index (χ1n) is 13.6. The van der Waals surface area contributed by atoms with Crippen LogP contribution in [0.2, 0.25) is 0 Å². The summed E-state index contributed by atoms with van der Waals surface area (Å²) < 4.78 is 0. The molecule has 0 radical (unpaired) electrons. The van der Waals surface area contributed by atoms with E-state index in [0.717, 1.165) is 6.54 Å². The molecule has 39 heavy (non-hydrogen) atoms. The van der Waals surface area contributed by atoms with Crippen molar-refractivity contribution < 1.29 is 0 Å². The first-order chi connectivity index (χ1) is 19.1. The first kappa shape index (κ1) is 24.7. The van der Waals surface area contributed by atoms with Gasteiger partial charge in [0.15, 0.2) is 0 Å². The van der Waals surface area contributed by atoms with Gasteiger partial charge in [-0.2, -0.15) is 0 Å². The molecule has 4 aromatic carbocycles. The number of para-hydroxylation sites is 1. The van der Waals surface area contributed by atoms with Crippen LogP contribution in [0.1, 0.15) is 34.7 Å². The molecule has 190 valence electrons. The first-order valence-corrected chi connectivity index (χ1v) is 13.6. The monoisotopic (exact) mass is 503 g/mol. The summed E-state index contributed by atoms with van der Waals surface area (Å²) in [5, 5.41) is 0. The second-order valence-electron chi connectivity index (χ2n) is 10.3. The van der Waals surface area contributed by atoms with Gasteiger partial charge >= 0.3 is 0 Å². The van der Waals surface area contributed by atoms with E-state index in [-0.39, 0.29) is 5.41 Å². The third-order valence-corrected chi connectivity index (χ3v) is 8.23.